The van der Waals surface area contributed by atoms with E-state index in [0.717, 1.165) is 30.1 Å². The number of fused-ring (bicyclic) bond motifs is 2. The highest BCUT2D eigenvalue weighted by Gasteiger charge is 2.44. The van der Waals surface area contributed by atoms with Gasteiger partial charge in [0.25, 0.3) is 0 Å². The normalized spacial score (nSPS) is 45.3. The maximum Gasteiger partial charge on any atom is 0.0116 e. The van der Waals surface area contributed by atoms with Crippen LogP contribution in [0.15, 0.2) is 0 Å². The molecule has 4 atom stereocenters. The van der Waals surface area contributed by atoms with Crippen molar-refractivity contribution in [3.05, 3.63) is 0 Å². The number of hydrogen-bond donors (Lipinski definition) is 1. The third-order valence-electron chi connectivity index (χ3n) is 5.95. The molecule has 1 N–H and O–H groups in total. The molecule has 0 amide bonds. The minimum absolute atomic E-state index is 0.796. The average molecular weight is 250 g/mol. The van der Waals surface area contributed by atoms with E-state index in [1.54, 1.807) is 0 Å². The monoisotopic (exact) mass is 250 g/mol. The van der Waals surface area contributed by atoms with Gasteiger partial charge in [0.2, 0.25) is 0 Å². The molecule has 2 heterocycles. The minimum atomic E-state index is 0.796. The molecule has 1 aliphatic carbocycles. The van der Waals surface area contributed by atoms with Crippen LogP contribution in [0.2, 0.25) is 0 Å². The number of rotatable bonds is 3. The Kier molecular flexibility index (Phi) is 3.95. The summed E-state index contributed by atoms with van der Waals surface area (Å²) >= 11 is 0. The Hall–Kier alpha value is -0.0800. The number of piperidine rings is 1. The number of nitrogens with one attached hydrogen (secondary N) is 1. The summed E-state index contributed by atoms with van der Waals surface area (Å²) in [4.78, 5) is 2.97. The third kappa shape index (κ3) is 2.34. The molecule has 0 spiro atoms. The summed E-state index contributed by atoms with van der Waals surface area (Å²) in [6.45, 7) is 2.38. The van der Waals surface area contributed by atoms with Crippen molar-refractivity contribution in [3.63, 3.8) is 0 Å². The smallest absolute Gasteiger partial charge is 0.0116 e. The van der Waals surface area contributed by atoms with Crippen LogP contribution < -0.4 is 5.32 Å². The van der Waals surface area contributed by atoms with E-state index in [2.05, 4.69) is 24.2 Å². The lowest BCUT2D eigenvalue weighted by molar-refractivity contribution is 0.0401. The molecule has 2 saturated heterocycles. The van der Waals surface area contributed by atoms with Gasteiger partial charge in [0.15, 0.2) is 0 Å². The van der Waals surface area contributed by atoms with Crippen LogP contribution in [0.4, 0.5) is 0 Å². The Morgan fingerprint density at radius 2 is 1.61 bits per heavy atom. The second-order valence-corrected chi connectivity index (χ2v) is 6.88. The van der Waals surface area contributed by atoms with E-state index in [4.69, 9.17) is 0 Å². The van der Waals surface area contributed by atoms with Crippen molar-refractivity contribution in [2.24, 2.45) is 5.92 Å². The van der Waals surface area contributed by atoms with E-state index in [9.17, 15) is 0 Å². The zero-order valence-electron chi connectivity index (χ0n) is 12.2. The van der Waals surface area contributed by atoms with Gasteiger partial charge in [-0.15, -0.1) is 0 Å². The SMILES string of the molecule is CCC1CCCC(N2C3CCC2CC(NC)C3)C1. The lowest BCUT2D eigenvalue weighted by Gasteiger charge is -2.46. The highest BCUT2D eigenvalue weighted by molar-refractivity contribution is 5.00. The third-order valence-corrected chi connectivity index (χ3v) is 5.95. The zero-order valence-corrected chi connectivity index (χ0v) is 12.2. The van der Waals surface area contributed by atoms with Crippen LogP contribution in [0.3, 0.4) is 0 Å². The first-order chi connectivity index (χ1) is 8.81. The molecule has 0 aromatic heterocycles. The summed E-state index contributed by atoms with van der Waals surface area (Å²) in [5.74, 6) is 1.02. The van der Waals surface area contributed by atoms with Crippen LogP contribution in [0.25, 0.3) is 0 Å². The highest BCUT2D eigenvalue weighted by atomic mass is 15.3. The molecule has 104 valence electrons. The van der Waals surface area contributed by atoms with Crippen LogP contribution in [0.1, 0.15) is 64.7 Å². The van der Waals surface area contributed by atoms with Gasteiger partial charge in [-0.2, -0.15) is 0 Å². The van der Waals surface area contributed by atoms with Crippen molar-refractivity contribution in [3.8, 4) is 0 Å². The molecule has 0 aromatic carbocycles. The minimum Gasteiger partial charge on any atom is -0.317 e. The van der Waals surface area contributed by atoms with Crippen LogP contribution >= 0.6 is 0 Å². The maximum absolute atomic E-state index is 3.52. The van der Waals surface area contributed by atoms with Crippen LogP contribution in [0.5, 0.6) is 0 Å². The molecular formula is C16H30N2. The highest BCUT2D eigenvalue weighted by Crippen LogP contribution is 2.41. The van der Waals surface area contributed by atoms with Crippen molar-refractivity contribution in [2.75, 3.05) is 7.05 Å². The second-order valence-electron chi connectivity index (χ2n) is 6.88. The van der Waals surface area contributed by atoms with E-state index in [0.29, 0.717) is 0 Å². The van der Waals surface area contributed by atoms with Gasteiger partial charge in [-0.1, -0.05) is 26.2 Å². The molecule has 18 heavy (non-hydrogen) atoms. The topological polar surface area (TPSA) is 15.3 Å². The number of nitrogens with zero attached hydrogens (tertiary/aromatic N) is 1. The zero-order chi connectivity index (χ0) is 12.5. The fourth-order valence-corrected chi connectivity index (χ4v) is 4.95. The molecule has 3 rings (SSSR count). The van der Waals surface area contributed by atoms with E-state index in [1.807, 2.05) is 0 Å². The molecule has 2 aliphatic heterocycles. The van der Waals surface area contributed by atoms with Gasteiger partial charge in [-0.05, 0) is 51.5 Å². The first kappa shape index (κ1) is 12.9. The maximum atomic E-state index is 3.52. The average Bonchev–Trinajstić information content (AvgIpc) is 2.69. The molecule has 2 nitrogen and oxygen atoms in total. The van der Waals surface area contributed by atoms with Crippen LogP contribution in [-0.2, 0) is 0 Å². The van der Waals surface area contributed by atoms with E-state index in [-0.39, 0.29) is 0 Å². The van der Waals surface area contributed by atoms with Crippen LogP contribution in [-0.4, -0.2) is 36.1 Å². The van der Waals surface area contributed by atoms with E-state index < -0.39 is 0 Å². The fraction of sp³-hybridized carbons (Fsp3) is 1.00. The summed E-state index contributed by atoms with van der Waals surface area (Å²) < 4.78 is 0. The molecule has 4 unspecified atom stereocenters. The molecule has 0 radical (unpaired) electrons. The van der Waals surface area contributed by atoms with Crippen LogP contribution in [0, 0.1) is 5.92 Å². The van der Waals surface area contributed by atoms with Gasteiger partial charge in [0, 0.05) is 24.2 Å². The lowest BCUT2D eigenvalue weighted by atomic mass is 9.81. The van der Waals surface area contributed by atoms with Gasteiger partial charge in [-0.3, -0.25) is 4.90 Å². The Balaban J connectivity index is 1.66. The Bertz CT molecular complexity index is 264. The van der Waals surface area contributed by atoms with Crippen molar-refractivity contribution in [1.29, 1.82) is 0 Å². The number of hydrogen-bond acceptors (Lipinski definition) is 2. The van der Waals surface area contributed by atoms with Gasteiger partial charge in [0.1, 0.15) is 0 Å². The summed E-state index contributed by atoms with van der Waals surface area (Å²) in [7, 11) is 2.15. The summed E-state index contributed by atoms with van der Waals surface area (Å²) in [6, 6.07) is 3.53. The molecule has 3 fully saturated rings. The van der Waals surface area contributed by atoms with Gasteiger partial charge >= 0.3 is 0 Å². The van der Waals surface area contributed by atoms with E-state index in [1.165, 1.54) is 57.8 Å². The van der Waals surface area contributed by atoms with Crippen molar-refractivity contribution in [2.45, 2.75) is 88.9 Å². The molecule has 3 aliphatic rings. The van der Waals surface area contributed by atoms with Crippen molar-refractivity contribution in [1.82, 2.24) is 10.2 Å². The summed E-state index contributed by atoms with van der Waals surface area (Å²) in [5, 5.41) is 3.52. The van der Waals surface area contributed by atoms with Gasteiger partial charge < -0.3 is 5.32 Å². The van der Waals surface area contributed by atoms with Gasteiger partial charge in [-0.25, -0.2) is 0 Å². The first-order valence-electron chi connectivity index (χ1n) is 8.26. The largest absolute Gasteiger partial charge is 0.317 e. The molecule has 1 saturated carbocycles. The molecule has 0 aromatic rings. The summed E-state index contributed by atoms with van der Waals surface area (Å²) in [5.41, 5.74) is 0. The quantitative estimate of drug-likeness (QED) is 0.827. The molecular weight excluding hydrogens is 220 g/mol. The van der Waals surface area contributed by atoms with Gasteiger partial charge in [0.05, 0.1) is 0 Å². The van der Waals surface area contributed by atoms with Crippen molar-refractivity contribution >= 4 is 0 Å². The molecule has 2 heteroatoms. The fourth-order valence-electron chi connectivity index (χ4n) is 4.95. The van der Waals surface area contributed by atoms with Crippen molar-refractivity contribution < 1.29 is 0 Å². The Morgan fingerprint density at radius 3 is 2.22 bits per heavy atom. The second kappa shape index (κ2) is 5.50. The first-order valence-corrected chi connectivity index (χ1v) is 8.26. The predicted molar refractivity (Wildman–Crippen MR) is 76.8 cm³/mol. The predicted octanol–water partition coefficient (Wildman–Crippen LogP) is 3.17. The summed E-state index contributed by atoms with van der Waals surface area (Å²) in [6.07, 6.45) is 13.1. The standard InChI is InChI=1S/C16H30N2/c1-3-12-5-4-6-14(9-12)18-15-7-8-16(18)11-13(10-15)17-2/h12-17H,3-11H2,1-2H3. The Morgan fingerprint density at radius 1 is 0.944 bits per heavy atom. The molecule has 2 bridgehead atoms. The lowest BCUT2D eigenvalue weighted by Crippen LogP contribution is -2.53. The Labute approximate surface area is 113 Å². The van der Waals surface area contributed by atoms with E-state index >= 15 is 0 Å².